The average molecular weight is 280 g/mol. The molecule has 6 heteroatoms. The van der Waals surface area contributed by atoms with Crippen LogP contribution in [0.15, 0.2) is 9.59 Å². The number of aromatic nitrogens is 2. The molecule has 2 rings (SSSR count). The molecular formula is C14H24N4O2. The number of rotatable bonds is 4. The lowest BCUT2D eigenvalue weighted by atomic mass is 10.00. The number of nitrogens with two attached hydrogens (primary N) is 1. The summed E-state index contributed by atoms with van der Waals surface area (Å²) in [6.45, 7) is 7.21. The minimum absolute atomic E-state index is 0.318. The van der Waals surface area contributed by atoms with E-state index < -0.39 is 5.69 Å². The summed E-state index contributed by atoms with van der Waals surface area (Å²) in [5.41, 5.74) is 5.80. The summed E-state index contributed by atoms with van der Waals surface area (Å²) in [7, 11) is 0. The third kappa shape index (κ3) is 3.12. The molecule has 1 aliphatic rings. The molecular weight excluding hydrogens is 256 g/mol. The number of nitrogens with one attached hydrogen (secondary N) is 1. The van der Waals surface area contributed by atoms with Crippen LogP contribution >= 0.6 is 0 Å². The monoisotopic (exact) mass is 280 g/mol. The van der Waals surface area contributed by atoms with E-state index in [4.69, 9.17) is 5.73 Å². The van der Waals surface area contributed by atoms with E-state index in [2.05, 4.69) is 16.8 Å². The number of H-pyrrole nitrogens is 1. The van der Waals surface area contributed by atoms with Crippen molar-refractivity contribution in [3.63, 3.8) is 0 Å². The molecule has 1 fully saturated rings. The van der Waals surface area contributed by atoms with Crippen molar-refractivity contribution in [1.29, 1.82) is 0 Å². The molecule has 0 aliphatic carbocycles. The Hall–Kier alpha value is -1.56. The molecule has 6 nitrogen and oxygen atoms in total. The molecule has 1 aromatic rings. The smallest absolute Gasteiger partial charge is 0.329 e. The van der Waals surface area contributed by atoms with Crippen molar-refractivity contribution in [1.82, 2.24) is 14.5 Å². The second kappa shape index (κ2) is 6.26. The first-order valence-corrected chi connectivity index (χ1v) is 7.36. The standard InChI is InChI=1S/C14H24N4O2/c1-3-6-18-12(15)11(13(19)16-14(18)20)9-17-7-4-5-10(2)8-17/h10H,3-9,15H2,1-2H3,(H,16,19,20). The van der Waals surface area contributed by atoms with Gasteiger partial charge in [-0.15, -0.1) is 0 Å². The Morgan fingerprint density at radius 2 is 2.15 bits per heavy atom. The van der Waals surface area contributed by atoms with Gasteiger partial charge < -0.3 is 5.73 Å². The normalized spacial score (nSPS) is 20.2. The van der Waals surface area contributed by atoms with Gasteiger partial charge in [-0.25, -0.2) is 4.79 Å². The molecule has 0 aromatic carbocycles. The third-order valence-corrected chi connectivity index (χ3v) is 3.91. The molecule has 0 amide bonds. The minimum atomic E-state index is -0.412. The van der Waals surface area contributed by atoms with Gasteiger partial charge in [-0.1, -0.05) is 13.8 Å². The van der Waals surface area contributed by atoms with E-state index in [1.165, 1.54) is 11.0 Å². The Morgan fingerprint density at radius 3 is 2.80 bits per heavy atom. The highest BCUT2D eigenvalue weighted by atomic mass is 16.2. The van der Waals surface area contributed by atoms with Gasteiger partial charge in [0, 0.05) is 19.6 Å². The summed E-state index contributed by atoms with van der Waals surface area (Å²) < 4.78 is 1.46. The van der Waals surface area contributed by atoms with Gasteiger partial charge in [-0.05, 0) is 31.7 Å². The fraction of sp³-hybridized carbons (Fsp3) is 0.714. The van der Waals surface area contributed by atoms with E-state index >= 15 is 0 Å². The number of nitrogen functional groups attached to an aromatic ring is 1. The zero-order chi connectivity index (χ0) is 14.7. The zero-order valence-corrected chi connectivity index (χ0v) is 12.3. The van der Waals surface area contributed by atoms with Crippen LogP contribution in [0.3, 0.4) is 0 Å². The topological polar surface area (TPSA) is 84.1 Å². The lowest BCUT2D eigenvalue weighted by Crippen LogP contribution is -2.39. The zero-order valence-electron chi connectivity index (χ0n) is 12.3. The minimum Gasteiger partial charge on any atom is -0.385 e. The number of piperidine rings is 1. The highest BCUT2D eigenvalue weighted by Gasteiger charge is 2.20. The SMILES string of the molecule is CCCn1c(N)c(CN2CCCC(C)C2)c(=O)[nH]c1=O. The number of nitrogens with zero attached hydrogens (tertiary/aromatic N) is 2. The number of hydrogen-bond donors (Lipinski definition) is 2. The van der Waals surface area contributed by atoms with Gasteiger partial charge >= 0.3 is 5.69 Å². The summed E-state index contributed by atoms with van der Waals surface area (Å²) in [6.07, 6.45) is 3.18. The maximum Gasteiger partial charge on any atom is 0.329 e. The van der Waals surface area contributed by atoms with Crippen molar-refractivity contribution < 1.29 is 0 Å². The van der Waals surface area contributed by atoms with E-state index in [0.29, 0.717) is 30.4 Å². The number of anilines is 1. The van der Waals surface area contributed by atoms with Crippen LogP contribution in [0.5, 0.6) is 0 Å². The molecule has 112 valence electrons. The summed E-state index contributed by atoms with van der Waals surface area (Å²) in [6, 6.07) is 0. The van der Waals surface area contributed by atoms with Crippen LogP contribution in [0.1, 0.15) is 38.7 Å². The van der Waals surface area contributed by atoms with Gasteiger partial charge in [0.25, 0.3) is 5.56 Å². The lowest BCUT2D eigenvalue weighted by molar-refractivity contribution is 0.176. The van der Waals surface area contributed by atoms with Crippen LogP contribution in [0.4, 0.5) is 5.82 Å². The van der Waals surface area contributed by atoms with Crippen molar-refractivity contribution in [3.8, 4) is 0 Å². The van der Waals surface area contributed by atoms with E-state index in [-0.39, 0.29) is 5.56 Å². The van der Waals surface area contributed by atoms with Crippen LogP contribution in [0, 0.1) is 5.92 Å². The van der Waals surface area contributed by atoms with E-state index in [1.54, 1.807) is 0 Å². The average Bonchev–Trinajstić information content (AvgIpc) is 2.39. The molecule has 1 atom stereocenters. The highest BCUT2D eigenvalue weighted by molar-refractivity contribution is 5.38. The first kappa shape index (κ1) is 14.8. The second-order valence-electron chi connectivity index (χ2n) is 5.76. The predicted octanol–water partition coefficient (Wildman–Crippen LogP) is 0.761. The fourth-order valence-electron chi connectivity index (χ4n) is 2.88. The predicted molar refractivity (Wildman–Crippen MR) is 79.7 cm³/mol. The van der Waals surface area contributed by atoms with Gasteiger partial charge in [0.15, 0.2) is 0 Å². The van der Waals surface area contributed by atoms with Crippen molar-refractivity contribution in [2.24, 2.45) is 5.92 Å². The molecule has 3 N–H and O–H groups in total. The van der Waals surface area contributed by atoms with Crippen LogP contribution < -0.4 is 17.0 Å². The fourth-order valence-corrected chi connectivity index (χ4v) is 2.88. The third-order valence-electron chi connectivity index (χ3n) is 3.91. The highest BCUT2D eigenvalue weighted by Crippen LogP contribution is 2.18. The molecule has 1 aromatic heterocycles. The van der Waals surface area contributed by atoms with Gasteiger partial charge in [0.05, 0.1) is 5.56 Å². The molecule has 2 heterocycles. The Labute approximate surface area is 118 Å². The summed E-state index contributed by atoms with van der Waals surface area (Å²) in [5, 5.41) is 0. The van der Waals surface area contributed by atoms with Gasteiger partial charge in [0.1, 0.15) is 5.82 Å². The van der Waals surface area contributed by atoms with E-state index in [0.717, 1.165) is 25.9 Å². The quantitative estimate of drug-likeness (QED) is 0.853. The lowest BCUT2D eigenvalue weighted by Gasteiger charge is -2.30. The summed E-state index contributed by atoms with van der Waals surface area (Å²) in [5.74, 6) is 0.962. The Bertz CT molecular complexity index is 576. The number of hydrogen-bond acceptors (Lipinski definition) is 4. The van der Waals surface area contributed by atoms with E-state index in [9.17, 15) is 9.59 Å². The molecule has 0 bridgehead atoms. The van der Waals surface area contributed by atoms with Crippen LogP contribution in [-0.2, 0) is 13.1 Å². The van der Waals surface area contributed by atoms with Crippen molar-refractivity contribution in [2.45, 2.75) is 46.2 Å². The van der Waals surface area contributed by atoms with Crippen molar-refractivity contribution in [3.05, 3.63) is 26.4 Å². The van der Waals surface area contributed by atoms with Crippen molar-refractivity contribution in [2.75, 3.05) is 18.8 Å². The molecule has 20 heavy (non-hydrogen) atoms. The van der Waals surface area contributed by atoms with Gasteiger partial charge in [0.2, 0.25) is 0 Å². The largest absolute Gasteiger partial charge is 0.385 e. The maximum absolute atomic E-state index is 12.0. The Kier molecular flexibility index (Phi) is 4.65. The van der Waals surface area contributed by atoms with E-state index in [1.807, 2.05) is 6.92 Å². The van der Waals surface area contributed by atoms with Crippen LogP contribution in [0.2, 0.25) is 0 Å². The molecule has 1 aliphatic heterocycles. The van der Waals surface area contributed by atoms with Crippen LogP contribution in [-0.4, -0.2) is 27.5 Å². The van der Waals surface area contributed by atoms with Gasteiger partial charge in [-0.3, -0.25) is 19.2 Å². The Morgan fingerprint density at radius 1 is 1.40 bits per heavy atom. The summed E-state index contributed by atoms with van der Waals surface area (Å²) in [4.78, 5) is 28.4. The van der Waals surface area contributed by atoms with Crippen LogP contribution in [0.25, 0.3) is 0 Å². The first-order chi connectivity index (χ1) is 9.52. The first-order valence-electron chi connectivity index (χ1n) is 7.36. The summed E-state index contributed by atoms with van der Waals surface area (Å²) >= 11 is 0. The van der Waals surface area contributed by atoms with Gasteiger partial charge in [-0.2, -0.15) is 0 Å². The second-order valence-corrected chi connectivity index (χ2v) is 5.76. The number of aromatic amines is 1. The Balaban J connectivity index is 2.29. The molecule has 0 spiro atoms. The molecule has 0 saturated carbocycles. The maximum atomic E-state index is 12.0. The van der Waals surface area contributed by atoms with Crippen molar-refractivity contribution >= 4 is 5.82 Å². The molecule has 1 unspecified atom stereocenters. The molecule has 1 saturated heterocycles. The molecule has 0 radical (unpaired) electrons. The number of likely N-dealkylation sites (tertiary alicyclic amines) is 1.